The molecule has 3 aromatic heterocycles. The van der Waals surface area contributed by atoms with Crippen LogP contribution in [0.2, 0.25) is 0 Å². The molecule has 1 saturated carbocycles. The monoisotopic (exact) mass is 923 g/mol. The highest BCUT2D eigenvalue weighted by atomic mass is 19.4. The Morgan fingerprint density at radius 3 is 2.14 bits per heavy atom. The van der Waals surface area contributed by atoms with Gasteiger partial charge in [-0.05, 0) is 42.9 Å². The molecule has 66 heavy (non-hydrogen) atoms. The molecule has 2 aliphatic heterocycles. The van der Waals surface area contributed by atoms with Crippen molar-refractivity contribution in [3.63, 3.8) is 0 Å². The molecule has 0 spiro atoms. The van der Waals surface area contributed by atoms with Crippen molar-refractivity contribution in [1.82, 2.24) is 40.1 Å². The molecule has 5 heterocycles. The summed E-state index contributed by atoms with van der Waals surface area (Å²) in [6, 6.07) is 17.9. The number of ether oxygens (including phenoxy) is 1. The summed E-state index contributed by atoms with van der Waals surface area (Å²) in [7, 11) is 0. The Morgan fingerprint density at radius 2 is 1.50 bits per heavy atom. The van der Waals surface area contributed by atoms with Crippen LogP contribution in [0.5, 0.6) is 0 Å². The molecule has 8 rings (SSSR count). The third-order valence-corrected chi connectivity index (χ3v) is 12.3. The van der Waals surface area contributed by atoms with Crippen molar-refractivity contribution in [1.29, 1.82) is 0 Å². The van der Waals surface area contributed by atoms with Crippen molar-refractivity contribution in [2.24, 2.45) is 5.92 Å². The first kappa shape index (κ1) is 46.0. The SMILES string of the molecule is CCC(=O)N[C@H]1C[C@@H](n2cnc3c(NCC(c4ccccc4)c4ccccc4)nc(N4CC[C@@H](NC(=O)C5CCN(c6nccc(C(F)(F)F)n6)CC5)C4)nc32)[C@H](O)[C@@H]1OC(=O)C(F)(F)F. The number of carbonyl (C=O) groups excluding carboxylic acids is 3. The summed E-state index contributed by atoms with van der Waals surface area (Å²) in [5.41, 5.74) is 1.49. The summed E-state index contributed by atoms with van der Waals surface area (Å²) >= 11 is 0. The van der Waals surface area contributed by atoms with Crippen LogP contribution in [0.25, 0.3) is 11.2 Å². The lowest BCUT2D eigenvalue weighted by Gasteiger charge is -2.32. The van der Waals surface area contributed by atoms with Crippen LogP contribution in [-0.4, -0.2) is 116 Å². The zero-order valence-corrected chi connectivity index (χ0v) is 35.5. The van der Waals surface area contributed by atoms with E-state index in [-0.39, 0.29) is 66.9 Å². The molecule has 2 amide bonds. The summed E-state index contributed by atoms with van der Waals surface area (Å²) in [5.74, 6) is -3.27. The number of nitrogens with one attached hydrogen (secondary N) is 3. The molecule has 5 aromatic rings. The molecule has 2 saturated heterocycles. The maximum Gasteiger partial charge on any atom is 0.490 e. The molecular formula is C44H47F6N11O5. The van der Waals surface area contributed by atoms with Gasteiger partial charge in [0, 0.05) is 63.2 Å². The van der Waals surface area contributed by atoms with E-state index < -0.39 is 60.1 Å². The van der Waals surface area contributed by atoms with Crippen LogP contribution in [0.3, 0.4) is 0 Å². The number of fused-ring (bicyclic) bond motifs is 1. The van der Waals surface area contributed by atoms with Gasteiger partial charge in [-0.1, -0.05) is 67.6 Å². The maximum absolute atomic E-state index is 13.6. The largest absolute Gasteiger partial charge is 0.490 e. The van der Waals surface area contributed by atoms with Crippen molar-refractivity contribution in [2.45, 2.75) is 87.6 Å². The first-order valence-electron chi connectivity index (χ1n) is 21.6. The number of aliphatic hydroxyl groups excluding tert-OH is 1. The van der Waals surface area contributed by atoms with Gasteiger partial charge < -0.3 is 40.2 Å². The molecule has 350 valence electrons. The second-order valence-electron chi connectivity index (χ2n) is 16.6. The number of carbonyl (C=O) groups is 3. The fourth-order valence-corrected chi connectivity index (χ4v) is 8.85. The Balaban J connectivity index is 1.04. The van der Waals surface area contributed by atoms with Crippen LogP contribution >= 0.6 is 0 Å². The minimum Gasteiger partial charge on any atom is -0.451 e. The second-order valence-corrected chi connectivity index (χ2v) is 16.6. The summed E-state index contributed by atoms with van der Waals surface area (Å²) < 4.78 is 86.3. The zero-order valence-electron chi connectivity index (χ0n) is 35.5. The van der Waals surface area contributed by atoms with Crippen LogP contribution in [0.1, 0.15) is 67.8 Å². The van der Waals surface area contributed by atoms with E-state index in [1.807, 2.05) is 65.6 Å². The van der Waals surface area contributed by atoms with Crippen LogP contribution < -0.4 is 25.8 Å². The number of amides is 2. The van der Waals surface area contributed by atoms with Crippen LogP contribution in [0.4, 0.5) is 44.1 Å². The van der Waals surface area contributed by atoms with Gasteiger partial charge in [0.05, 0.1) is 18.4 Å². The number of benzene rings is 2. The fourth-order valence-electron chi connectivity index (χ4n) is 8.85. The number of aliphatic hydroxyl groups is 1. The lowest BCUT2D eigenvalue weighted by Crippen LogP contribution is -2.47. The molecule has 3 aliphatic rings. The second kappa shape index (κ2) is 19.1. The summed E-state index contributed by atoms with van der Waals surface area (Å²) in [6.07, 6.45) is -9.89. The highest BCUT2D eigenvalue weighted by Gasteiger charge is 2.51. The van der Waals surface area contributed by atoms with Crippen molar-refractivity contribution in [3.05, 3.63) is 96.1 Å². The van der Waals surface area contributed by atoms with Crippen molar-refractivity contribution in [3.8, 4) is 0 Å². The molecule has 3 fully saturated rings. The van der Waals surface area contributed by atoms with E-state index in [1.54, 1.807) is 11.8 Å². The van der Waals surface area contributed by atoms with E-state index in [0.29, 0.717) is 44.7 Å². The zero-order chi connectivity index (χ0) is 46.8. The number of aromatic nitrogens is 6. The average molecular weight is 924 g/mol. The third-order valence-electron chi connectivity index (χ3n) is 12.3. The number of esters is 1. The molecule has 16 nitrogen and oxygen atoms in total. The van der Waals surface area contributed by atoms with Gasteiger partial charge in [-0.25, -0.2) is 19.7 Å². The quantitative estimate of drug-likeness (QED) is 0.0895. The van der Waals surface area contributed by atoms with E-state index in [0.717, 1.165) is 23.4 Å². The normalized spacial score (nSPS) is 21.6. The number of anilines is 3. The predicted octanol–water partition coefficient (Wildman–Crippen LogP) is 5.17. The molecule has 0 unspecified atom stereocenters. The van der Waals surface area contributed by atoms with Gasteiger partial charge in [-0.15, -0.1) is 0 Å². The van der Waals surface area contributed by atoms with Crippen LogP contribution in [0.15, 0.2) is 79.3 Å². The smallest absolute Gasteiger partial charge is 0.451 e. The van der Waals surface area contributed by atoms with Crippen LogP contribution in [0, 0.1) is 5.92 Å². The lowest BCUT2D eigenvalue weighted by atomic mass is 9.91. The minimum absolute atomic E-state index is 0.0148. The Labute approximate surface area is 374 Å². The van der Waals surface area contributed by atoms with E-state index >= 15 is 0 Å². The third kappa shape index (κ3) is 10.1. The van der Waals surface area contributed by atoms with E-state index in [4.69, 9.17) is 14.7 Å². The molecule has 0 radical (unpaired) electrons. The Kier molecular flexibility index (Phi) is 13.3. The number of nitrogens with zero attached hydrogens (tertiary/aromatic N) is 8. The molecule has 1 aliphatic carbocycles. The van der Waals surface area contributed by atoms with Crippen molar-refractivity contribution >= 4 is 46.7 Å². The summed E-state index contributed by atoms with van der Waals surface area (Å²) in [5, 5.41) is 20.7. The summed E-state index contributed by atoms with van der Waals surface area (Å²) in [6.45, 7) is 3.18. The van der Waals surface area contributed by atoms with Gasteiger partial charge in [0.2, 0.25) is 23.7 Å². The van der Waals surface area contributed by atoms with E-state index in [2.05, 4.69) is 30.9 Å². The fraction of sp³-hybridized carbons (Fsp3) is 0.455. The van der Waals surface area contributed by atoms with Gasteiger partial charge in [-0.2, -0.15) is 36.3 Å². The lowest BCUT2D eigenvalue weighted by molar-refractivity contribution is -0.209. The number of rotatable bonds is 13. The molecule has 22 heteroatoms. The van der Waals surface area contributed by atoms with Crippen LogP contribution in [-0.2, 0) is 25.3 Å². The van der Waals surface area contributed by atoms with Gasteiger partial charge in [0.25, 0.3) is 0 Å². The highest BCUT2D eigenvalue weighted by Crippen LogP contribution is 2.38. The summed E-state index contributed by atoms with van der Waals surface area (Å²) in [4.78, 5) is 63.7. The number of piperidine rings is 1. The average Bonchev–Trinajstić information content (AvgIpc) is 4.04. The van der Waals surface area contributed by atoms with Gasteiger partial charge in [-0.3, -0.25) is 9.59 Å². The topological polar surface area (TPSA) is 193 Å². The first-order chi connectivity index (χ1) is 31.6. The van der Waals surface area contributed by atoms with Gasteiger partial charge in [0.15, 0.2) is 23.1 Å². The van der Waals surface area contributed by atoms with Crippen molar-refractivity contribution < 1.29 is 50.6 Å². The van der Waals surface area contributed by atoms with E-state index in [9.17, 15) is 45.8 Å². The van der Waals surface area contributed by atoms with Gasteiger partial charge >= 0.3 is 18.3 Å². The molecule has 2 aromatic carbocycles. The molecular weight excluding hydrogens is 877 g/mol. The van der Waals surface area contributed by atoms with Gasteiger partial charge in [0.1, 0.15) is 11.8 Å². The van der Waals surface area contributed by atoms with Crippen molar-refractivity contribution in [2.75, 3.05) is 47.8 Å². The maximum atomic E-state index is 13.6. The Bertz CT molecular complexity index is 2470. The number of halogens is 6. The highest BCUT2D eigenvalue weighted by molar-refractivity contribution is 5.85. The minimum atomic E-state index is -5.35. The predicted molar refractivity (Wildman–Crippen MR) is 227 cm³/mol. The first-order valence-corrected chi connectivity index (χ1v) is 21.6. The Morgan fingerprint density at radius 1 is 0.833 bits per heavy atom. The number of hydrogen-bond acceptors (Lipinski definition) is 13. The molecule has 4 N–H and O–H groups in total. The van der Waals surface area contributed by atoms with E-state index in [1.165, 1.54) is 10.9 Å². The number of alkyl halides is 6. The molecule has 5 atom stereocenters. The number of imidazole rings is 1. The molecule has 0 bridgehead atoms. The standard InChI is InChI=1S/C44H47F6N11O5/c1-2-33(62)55-30-21-31(35(63)36(30)66-40(65)44(48,49)50)61-24-53-34-37(52-22-29(25-9-5-3-6-10-25)26-11-7-4-8-12-26)57-42(58-38(34)61)60-20-16-28(23-60)54-39(64)27-14-18-59(19-15-27)41-51-17-13-32(56-41)43(45,46)47/h3-13,17,24,27-31,35-36,63H,2,14-16,18-23H2,1H3,(H,54,64)(H,55,62)(H,52,57,58)/t28-,30+,31-,35+,36-/m1/s1. The Hall–Kier alpha value is -6.58. The number of hydrogen-bond donors (Lipinski definition) is 4.